The highest BCUT2D eigenvalue weighted by Gasteiger charge is 2.08. The number of rotatable bonds is 2. The van der Waals surface area contributed by atoms with Crippen LogP contribution in [0.2, 0.25) is 0 Å². The van der Waals surface area contributed by atoms with Crippen LogP contribution in [0, 0.1) is 6.92 Å². The van der Waals surface area contributed by atoms with E-state index >= 15 is 0 Å². The summed E-state index contributed by atoms with van der Waals surface area (Å²) in [4.78, 5) is 18.8. The van der Waals surface area contributed by atoms with E-state index in [9.17, 15) is 4.79 Å². The van der Waals surface area contributed by atoms with Gasteiger partial charge in [0.25, 0.3) is 0 Å². The number of aromatic amines is 2. The average Bonchev–Trinajstić information content (AvgIpc) is 2.66. The van der Waals surface area contributed by atoms with E-state index in [2.05, 4.69) is 20.2 Å². The molecule has 2 aromatic heterocycles. The maximum atomic E-state index is 11.6. The fourth-order valence-electron chi connectivity index (χ4n) is 1.32. The molecule has 2 rings (SSSR count). The van der Waals surface area contributed by atoms with Crippen LogP contribution >= 0.6 is 0 Å². The number of pyridine rings is 1. The van der Waals surface area contributed by atoms with Gasteiger partial charge in [0.15, 0.2) is 11.3 Å². The van der Waals surface area contributed by atoms with E-state index in [1.807, 2.05) is 13.8 Å². The van der Waals surface area contributed by atoms with Gasteiger partial charge in [0, 0.05) is 24.4 Å². The molecule has 5 nitrogen and oxygen atoms in total. The fourth-order valence-corrected chi connectivity index (χ4v) is 1.32. The highest BCUT2D eigenvalue weighted by molar-refractivity contribution is 5.52. The van der Waals surface area contributed by atoms with Crippen molar-refractivity contribution in [2.75, 3.05) is 0 Å². The fraction of sp³-hybridized carbons (Fsp3) is 0.300. The zero-order valence-electron chi connectivity index (χ0n) is 8.66. The molecule has 0 saturated heterocycles. The Kier molecular flexibility index (Phi) is 2.37. The van der Waals surface area contributed by atoms with Crippen LogP contribution in [0.15, 0.2) is 17.1 Å². The van der Waals surface area contributed by atoms with Crippen molar-refractivity contribution in [3.05, 3.63) is 34.0 Å². The van der Waals surface area contributed by atoms with E-state index in [1.54, 1.807) is 6.20 Å². The van der Waals surface area contributed by atoms with Gasteiger partial charge in [-0.3, -0.25) is 9.89 Å². The second-order valence-corrected chi connectivity index (χ2v) is 3.35. The van der Waals surface area contributed by atoms with Gasteiger partial charge < -0.3 is 4.98 Å². The molecule has 0 radical (unpaired) electrons. The molecule has 78 valence electrons. The molecule has 0 aliphatic heterocycles. The summed E-state index contributed by atoms with van der Waals surface area (Å²) in [5, 5.41) is 6.77. The Labute approximate surface area is 86.6 Å². The number of hydrogen-bond donors (Lipinski definition) is 2. The number of aromatic nitrogens is 4. The number of aryl methyl sites for hydroxylation is 2. The standard InChI is InChI=1S/C10H12N4O/c1-3-9-12-10(14-13-9)7-5-11-6(2)4-8(7)15/h4-5H,3H2,1-2H3,(H,11,15)(H,12,13,14). The molecule has 2 N–H and O–H groups in total. The van der Waals surface area contributed by atoms with Crippen molar-refractivity contribution in [3.8, 4) is 11.4 Å². The zero-order valence-corrected chi connectivity index (χ0v) is 8.66. The minimum atomic E-state index is -0.0621. The van der Waals surface area contributed by atoms with Crippen LogP contribution in [-0.2, 0) is 6.42 Å². The van der Waals surface area contributed by atoms with Crippen molar-refractivity contribution in [2.45, 2.75) is 20.3 Å². The smallest absolute Gasteiger partial charge is 0.192 e. The Morgan fingerprint density at radius 1 is 1.47 bits per heavy atom. The molecule has 0 saturated carbocycles. The predicted octanol–water partition coefficient (Wildman–Crippen LogP) is 1.03. The van der Waals surface area contributed by atoms with Crippen LogP contribution in [0.25, 0.3) is 11.4 Å². The molecule has 0 atom stereocenters. The van der Waals surface area contributed by atoms with E-state index in [0.717, 1.165) is 17.9 Å². The molecule has 0 amide bonds. The van der Waals surface area contributed by atoms with Crippen molar-refractivity contribution >= 4 is 0 Å². The van der Waals surface area contributed by atoms with Crippen molar-refractivity contribution in [1.29, 1.82) is 0 Å². The summed E-state index contributed by atoms with van der Waals surface area (Å²) in [6.45, 7) is 3.81. The van der Waals surface area contributed by atoms with E-state index in [1.165, 1.54) is 6.07 Å². The predicted molar refractivity (Wildman–Crippen MR) is 56.6 cm³/mol. The number of nitrogens with one attached hydrogen (secondary N) is 2. The molecule has 0 spiro atoms. The molecule has 2 heterocycles. The lowest BCUT2D eigenvalue weighted by molar-refractivity contribution is 0.946. The first kappa shape index (κ1) is 9.64. The number of H-pyrrole nitrogens is 2. The summed E-state index contributed by atoms with van der Waals surface area (Å²) in [5.74, 6) is 1.23. The molecule has 5 heteroatoms. The quantitative estimate of drug-likeness (QED) is 0.767. The molecule has 0 unspecified atom stereocenters. The second kappa shape index (κ2) is 3.68. The summed E-state index contributed by atoms with van der Waals surface area (Å²) in [5.41, 5.74) is 1.26. The van der Waals surface area contributed by atoms with Gasteiger partial charge in [0.05, 0.1) is 5.56 Å². The van der Waals surface area contributed by atoms with Crippen LogP contribution in [0.5, 0.6) is 0 Å². The van der Waals surface area contributed by atoms with Crippen LogP contribution in [0.1, 0.15) is 18.4 Å². The first-order valence-corrected chi connectivity index (χ1v) is 4.81. The highest BCUT2D eigenvalue weighted by atomic mass is 16.1. The lowest BCUT2D eigenvalue weighted by Gasteiger charge is -1.95. The summed E-state index contributed by atoms with van der Waals surface area (Å²) < 4.78 is 0. The molecule has 0 aromatic carbocycles. The van der Waals surface area contributed by atoms with Gasteiger partial charge in [-0.15, -0.1) is 0 Å². The van der Waals surface area contributed by atoms with Gasteiger partial charge >= 0.3 is 0 Å². The van der Waals surface area contributed by atoms with E-state index < -0.39 is 0 Å². The van der Waals surface area contributed by atoms with Gasteiger partial charge in [-0.25, -0.2) is 4.98 Å². The van der Waals surface area contributed by atoms with Crippen LogP contribution in [0.4, 0.5) is 0 Å². The molecule has 0 bridgehead atoms. The summed E-state index contributed by atoms with van der Waals surface area (Å²) >= 11 is 0. The maximum absolute atomic E-state index is 11.6. The van der Waals surface area contributed by atoms with E-state index in [0.29, 0.717) is 11.4 Å². The third-order valence-corrected chi connectivity index (χ3v) is 2.16. The summed E-state index contributed by atoms with van der Waals surface area (Å²) in [7, 11) is 0. The zero-order chi connectivity index (χ0) is 10.8. The van der Waals surface area contributed by atoms with Gasteiger partial charge in [-0.1, -0.05) is 6.92 Å². The first-order chi connectivity index (χ1) is 7.20. The largest absolute Gasteiger partial charge is 0.364 e. The van der Waals surface area contributed by atoms with Crippen molar-refractivity contribution in [2.24, 2.45) is 0 Å². The molecule has 15 heavy (non-hydrogen) atoms. The average molecular weight is 204 g/mol. The topological polar surface area (TPSA) is 74.4 Å². The van der Waals surface area contributed by atoms with Gasteiger partial charge in [0.1, 0.15) is 5.82 Å². The van der Waals surface area contributed by atoms with Gasteiger partial charge in [-0.2, -0.15) is 5.10 Å². The van der Waals surface area contributed by atoms with E-state index in [4.69, 9.17) is 0 Å². The Hall–Kier alpha value is -1.91. The van der Waals surface area contributed by atoms with Crippen molar-refractivity contribution in [1.82, 2.24) is 20.2 Å². The molecule has 0 aliphatic carbocycles. The first-order valence-electron chi connectivity index (χ1n) is 4.81. The van der Waals surface area contributed by atoms with Gasteiger partial charge in [0.2, 0.25) is 0 Å². The summed E-state index contributed by atoms with van der Waals surface area (Å²) in [6.07, 6.45) is 2.41. The Balaban J connectivity index is 2.49. The van der Waals surface area contributed by atoms with E-state index in [-0.39, 0.29) is 5.43 Å². The van der Waals surface area contributed by atoms with Crippen molar-refractivity contribution < 1.29 is 0 Å². The molecule has 2 aromatic rings. The minimum Gasteiger partial charge on any atom is -0.364 e. The Morgan fingerprint density at radius 3 is 2.87 bits per heavy atom. The monoisotopic (exact) mass is 204 g/mol. The lowest BCUT2D eigenvalue weighted by Crippen LogP contribution is -2.06. The maximum Gasteiger partial charge on any atom is 0.192 e. The third-order valence-electron chi connectivity index (χ3n) is 2.16. The second-order valence-electron chi connectivity index (χ2n) is 3.35. The minimum absolute atomic E-state index is 0.0621. The third kappa shape index (κ3) is 1.81. The van der Waals surface area contributed by atoms with Crippen LogP contribution in [0.3, 0.4) is 0 Å². The lowest BCUT2D eigenvalue weighted by atomic mass is 10.2. The molecular formula is C10H12N4O. The Morgan fingerprint density at radius 2 is 2.27 bits per heavy atom. The highest BCUT2D eigenvalue weighted by Crippen LogP contribution is 2.08. The van der Waals surface area contributed by atoms with Gasteiger partial charge in [-0.05, 0) is 6.92 Å². The summed E-state index contributed by atoms with van der Waals surface area (Å²) in [6, 6.07) is 1.54. The Bertz CT molecular complexity index is 526. The van der Waals surface area contributed by atoms with Crippen LogP contribution in [-0.4, -0.2) is 20.2 Å². The number of nitrogens with zero attached hydrogens (tertiary/aromatic N) is 2. The molecule has 0 fully saturated rings. The van der Waals surface area contributed by atoms with Crippen molar-refractivity contribution in [3.63, 3.8) is 0 Å². The molecular weight excluding hydrogens is 192 g/mol. The SMILES string of the molecule is CCc1nc(-c2c[nH]c(C)cc2=O)n[nH]1. The van der Waals surface area contributed by atoms with Crippen LogP contribution < -0.4 is 5.43 Å². The normalized spacial score (nSPS) is 10.5. The molecule has 0 aliphatic rings. The number of hydrogen-bond acceptors (Lipinski definition) is 3.